The van der Waals surface area contributed by atoms with Crippen LogP contribution in [-0.4, -0.2) is 46.6 Å². The van der Waals surface area contributed by atoms with Gasteiger partial charge in [-0.15, -0.1) is 0 Å². The highest BCUT2D eigenvalue weighted by Crippen LogP contribution is 2.23. The number of aromatic hydroxyl groups is 1. The van der Waals surface area contributed by atoms with Gasteiger partial charge < -0.3 is 25.0 Å². The fourth-order valence-corrected chi connectivity index (χ4v) is 3.10. The van der Waals surface area contributed by atoms with Crippen LogP contribution in [0, 0.1) is 5.92 Å². The minimum atomic E-state index is -0.676. The molecule has 7 nitrogen and oxygen atoms in total. The van der Waals surface area contributed by atoms with Crippen LogP contribution in [0.2, 0.25) is 0 Å². The molecule has 0 aromatic heterocycles. The summed E-state index contributed by atoms with van der Waals surface area (Å²) in [4.78, 5) is 24.0. The molecule has 1 aliphatic rings. The number of benzene rings is 1. The fraction of sp³-hybridized carbons (Fsp3) is 0.636. The maximum atomic E-state index is 12.2. The highest BCUT2D eigenvalue weighted by Gasteiger charge is 2.29. The Balaban J connectivity index is 0.000000502. The minimum absolute atomic E-state index is 0.144. The second kappa shape index (κ2) is 12.3. The summed E-state index contributed by atoms with van der Waals surface area (Å²) in [7, 11) is 0. The van der Waals surface area contributed by atoms with E-state index in [-0.39, 0.29) is 12.7 Å². The monoisotopic (exact) mass is 409 g/mol. The Morgan fingerprint density at radius 1 is 1.24 bits per heavy atom. The van der Waals surface area contributed by atoms with E-state index < -0.39 is 23.7 Å². The van der Waals surface area contributed by atoms with Gasteiger partial charge in [0.1, 0.15) is 17.4 Å². The van der Waals surface area contributed by atoms with Crippen molar-refractivity contribution in [2.24, 2.45) is 5.92 Å². The van der Waals surface area contributed by atoms with Crippen molar-refractivity contribution < 1.29 is 29.3 Å². The maximum absolute atomic E-state index is 12.2. The van der Waals surface area contributed by atoms with E-state index in [2.05, 4.69) is 5.32 Å². The first-order chi connectivity index (χ1) is 13.6. The molecule has 1 aliphatic heterocycles. The van der Waals surface area contributed by atoms with E-state index in [9.17, 15) is 9.59 Å². The number of phenolic OH excluding ortho intramolecular Hbond substituents is 1. The molecule has 0 bridgehead atoms. The third-order valence-corrected chi connectivity index (χ3v) is 4.36. The van der Waals surface area contributed by atoms with Crippen LogP contribution in [0.25, 0.3) is 0 Å². The number of hydrogen-bond donors (Lipinski definition) is 3. The number of rotatable bonds is 3. The summed E-state index contributed by atoms with van der Waals surface area (Å²) in [5, 5.41) is 20.3. The van der Waals surface area contributed by atoms with Crippen molar-refractivity contribution in [3.8, 4) is 5.75 Å². The van der Waals surface area contributed by atoms with Crippen LogP contribution in [0.1, 0.15) is 59.8 Å². The quantitative estimate of drug-likeness (QED) is 0.656. The minimum Gasteiger partial charge on any atom is -0.508 e. The molecule has 0 aliphatic carbocycles. The van der Waals surface area contributed by atoms with Crippen LogP contribution in [0.3, 0.4) is 0 Å². The molecule has 29 heavy (non-hydrogen) atoms. The highest BCUT2D eigenvalue weighted by molar-refractivity contribution is 5.81. The SMILES string of the molecule is CC1CC(CCO)CCC[C@H](NC(=O)OC(C)(C)C)C(=O)O1.Oc1ccccc1. The van der Waals surface area contributed by atoms with Gasteiger partial charge in [-0.05, 0) is 65.0 Å². The number of nitrogens with one attached hydrogen (secondary N) is 1. The summed E-state index contributed by atoms with van der Waals surface area (Å²) in [5.41, 5.74) is -0.605. The van der Waals surface area contributed by atoms with Gasteiger partial charge in [0.05, 0.1) is 6.10 Å². The third-order valence-electron chi connectivity index (χ3n) is 4.36. The van der Waals surface area contributed by atoms with Gasteiger partial charge in [-0.25, -0.2) is 9.59 Å². The summed E-state index contributed by atoms with van der Waals surface area (Å²) in [6.07, 6.45) is 2.86. The number of carbonyl (C=O) groups excluding carboxylic acids is 2. The average molecular weight is 410 g/mol. The van der Waals surface area contributed by atoms with E-state index in [1.54, 1.807) is 45.0 Å². The lowest BCUT2D eigenvalue weighted by atomic mass is 9.93. The average Bonchev–Trinajstić information content (AvgIpc) is 2.65. The van der Waals surface area contributed by atoms with Crippen molar-refractivity contribution in [1.82, 2.24) is 5.32 Å². The predicted molar refractivity (Wildman–Crippen MR) is 110 cm³/mol. The van der Waals surface area contributed by atoms with Gasteiger partial charge in [0.15, 0.2) is 0 Å². The summed E-state index contributed by atoms with van der Waals surface area (Å²) < 4.78 is 10.6. The lowest BCUT2D eigenvalue weighted by Gasteiger charge is -2.23. The van der Waals surface area contributed by atoms with Crippen molar-refractivity contribution in [1.29, 1.82) is 0 Å². The standard InChI is InChI=1S/C16H29NO5.C6H6O/c1-11-10-12(8-9-18)6-5-7-13(14(19)21-11)17-15(20)22-16(2,3)4;7-6-4-2-1-3-5-6/h11-13,18H,5-10H2,1-4H3,(H,17,20);1-5,7H/t11?,12?,13-;/m0./s1. The fourth-order valence-electron chi connectivity index (χ4n) is 3.10. The molecule has 0 spiro atoms. The smallest absolute Gasteiger partial charge is 0.408 e. The molecule has 1 aromatic carbocycles. The van der Waals surface area contributed by atoms with Gasteiger partial charge in [0, 0.05) is 6.61 Å². The first-order valence-electron chi connectivity index (χ1n) is 10.2. The number of hydrogen-bond acceptors (Lipinski definition) is 6. The molecular weight excluding hydrogens is 374 g/mol. The molecule has 1 fully saturated rings. The van der Waals surface area contributed by atoms with Crippen molar-refractivity contribution >= 4 is 12.1 Å². The first-order valence-corrected chi connectivity index (χ1v) is 10.2. The number of amides is 1. The van der Waals surface area contributed by atoms with Crippen molar-refractivity contribution in [3.63, 3.8) is 0 Å². The van der Waals surface area contributed by atoms with Crippen molar-refractivity contribution in [2.75, 3.05) is 6.61 Å². The van der Waals surface area contributed by atoms with Crippen LogP contribution in [-0.2, 0) is 14.3 Å². The summed E-state index contributed by atoms with van der Waals surface area (Å²) >= 11 is 0. The molecule has 1 heterocycles. The van der Waals surface area contributed by atoms with E-state index in [0.717, 1.165) is 19.3 Å². The van der Waals surface area contributed by atoms with E-state index in [1.165, 1.54) is 0 Å². The highest BCUT2D eigenvalue weighted by atomic mass is 16.6. The van der Waals surface area contributed by atoms with E-state index >= 15 is 0 Å². The van der Waals surface area contributed by atoms with E-state index in [1.807, 2.05) is 13.0 Å². The maximum Gasteiger partial charge on any atom is 0.408 e. The Bertz CT molecular complexity index is 613. The normalized spacial score (nSPS) is 22.7. The third kappa shape index (κ3) is 11.3. The Morgan fingerprint density at radius 2 is 1.90 bits per heavy atom. The number of aliphatic hydroxyl groups excluding tert-OH is 1. The number of aliphatic hydroxyl groups is 1. The molecule has 3 N–H and O–H groups in total. The number of cyclic esters (lactones) is 1. The van der Waals surface area contributed by atoms with Crippen LogP contribution in [0.5, 0.6) is 5.75 Å². The van der Waals surface area contributed by atoms with Crippen LogP contribution < -0.4 is 5.32 Å². The summed E-state index contributed by atoms with van der Waals surface area (Å²) in [6, 6.07) is 8.04. The zero-order valence-corrected chi connectivity index (χ0v) is 17.9. The van der Waals surface area contributed by atoms with Gasteiger partial charge in [-0.2, -0.15) is 0 Å². The second-order valence-corrected chi connectivity index (χ2v) is 8.33. The van der Waals surface area contributed by atoms with Gasteiger partial charge in [0.2, 0.25) is 0 Å². The number of alkyl carbamates (subject to hydrolysis) is 1. The first kappa shape index (κ1) is 24.8. The number of ether oxygens (including phenoxy) is 2. The summed E-state index contributed by atoms with van der Waals surface area (Å²) in [6.45, 7) is 7.31. The molecule has 0 saturated carbocycles. The largest absolute Gasteiger partial charge is 0.508 e. The summed E-state index contributed by atoms with van der Waals surface area (Å²) in [5.74, 6) is 0.249. The molecule has 2 unspecified atom stereocenters. The molecule has 2 rings (SSSR count). The van der Waals surface area contributed by atoms with Crippen LogP contribution in [0.15, 0.2) is 30.3 Å². The zero-order chi connectivity index (χ0) is 21.9. The lowest BCUT2D eigenvalue weighted by molar-refractivity contribution is -0.151. The van der Waals surface area contributed by atoms with Crippen LogP contribution in [0.4, 0.5) is 4.79 Å². The second-order valence-electron chi connectivity index (χ2n) is 8.33. The van der Waals surface area contributed by atoms with Gasteiger partial charge >= 0.3 is 12.1 Å². The number of carbonyl (C=O) groups is 2. The lowest BCUT2D eigenvalue weighted by Crippen LogP contribution is -2.44. The predicted octanol–water partition coefficient (Wildman–Crippen LogP) is 3.78. The van der Waals surface area contributed by atoms with E-state index in [4.69, 9.17) is 19.7 Å². The van der Waals surface area contributed by atoms with Crippen molar-refractivity contribution in [2.45, 2.75) is 77.5 Å². The zero-order valence-electron chi connectivity index (χ0n) is 17.9. The molecular formula is C22H35NO6. The van der Waals surface area contributed by atoms with Crippen LogP contribution >= 0.6 is 0 Å². The topological polar surface area (TPSA) is 105 Å². The molecule has 7 heteroatoms. The molecule has 164 valence electrons. The Hall–Kier alpha value is -2.28. The Kier molecular flexibility index (Phi) is 10.5. The van der Waals surface area contributed by atoms with Crippen molar-refractivity contribution in [3.05, 3.63) is 30.3 Å². The van der Waals surface area contributed by atoms with Gasteiger partial charge in [-0.3, -0.25) is 0 Å². The number of para-hydroxylation sites is 1. The molecule has 0 radical (unpaired) electrons. The number of esters is 1. The molecule has 1 saturated heterocycles. The molecule has 1 aromatic rings. The number of phenols is 1. The van der Waals surface area contributed by atoms with E-state index in [0.29, 0.717) is 24.5 Å². The van der Waals surface area contributed by atoms with Gasteiger partial charge in [-0.1, -0.05) is 31.0 Å². The molecule has 3 atom stereocenters. The Morgan fingerprint density at radius 3 is 2.41 bits per heavy atom. The molecule has 1 amide bonds. The van der Waals surface area contributed by atoms with Gasteiger partial charge in [0.25, 0.3) is 0 Å². The Labute approximate surface area is 173 Å².